The van der Waals surface area contributed by atoms with E-state index in [-0.39, 0.29) is 0 Å². The van der Waals surface area contributed by atoms with Gasteiger partial charge in [-0.05, 0) is 49.8 Å². The molecule has 2 atom stereocenters. The van der Waals surface area contributed by atoms with Gasteiger partial charge in [-0.25, -0.2) is 0 Å². The zero-order valence-electron chi connectivity index (χ0n) is 10.0. The number of nitrogens with one attached hydrogen (secondary N) is 1. The minimum Gasteiger partial charge on any atom is -0.319 e. The van der Waals surface area contributed by atoms with Crippen LogP contribution in [0.5, 0.6) is 0 Å². The molecule has 0 amide bonds. The topological polar surface area (TPSA) is 12.0 Å². The fourth-order valence-electron chi connectivity index (χ4n) is 2.71. The summed E-state index contributed by atoms with van der Waals surface area (Å²) in [5.74, 6) is 1.47. The van der Waals surface area contributed by atoms with Crippen LogP contribution < -0.4 is 5.32 Å². The molecule has 1 aromatic carbocycles. The van der Waals surface area contributed by atoms with Crippen LogP contribution in [-0.4, -0.2) is 13.6 Å². The van der Waals surface area contributed by atoms with Crippen LogP contribution in [0.15, 0.2) is 18.2 Å². The van der Waals surface area contributed by atoms with E-state index in [2.05, 4.69) is 37.4 Å². The van der Waals surface area contributed by atoms with Crippen LogP contribution in [0.1, 0.15) is 48.3 Å². The van der Waals surface area contributed by atoms with Gasteiger partial charge in [-0.15, -0.1) is 0 Å². The number of rotatable bonds is 2. The first-order valence-corrected chi connectivity index (χ1v) is 5.97. The lowest BCUT2D eigenvalue weighted by molar-refractivity contribution is 0.487. The predicted octanol–water partition coefficient (Wildman–Crippen LogP) is 3.20. The largest absolute Gasteiger partial charge is 0.319 e. The normalized spacial score (nSPS) is 25.0. The number of hydrogen-bond donors (Lipinski definition) is 1. The van der Waals surface area contributed by atoms with Gasteiger partial charge in [0, 0.05) is 6.54 Å². The summed E-state index contributed by atoms with van der Waals surface area (Å²) in [6.45, 7) is 5.66. The molecule has 1 aliphatic carbocycles. The first-order chi connectivity index (χ1) is 7.22. The smallest absolute Gasteiger partial charge is 0.00172 e. The van der Waals surface area contributed by atoms with Gasteiger partial charge in [0.1, 0.15) is 0 Å². The zero-order chi connectivity index (χ0) is 10.8. The Morgan fingerprint density at radius 3 is 2.80 bits per heavy atom. The molecule has 0 saturated carbocycles. The Hall–Kier alpha value is -0.820. The van der Waals surface area contributed by atoms with Crippen molar-refractivity contribution in [1.29, 1.82) is 0 Å². The van der Waals surface area contributed by atoms with Crippen LogP contribution in [-0.2, 0) is 0 Å². The second-order valence-corrected chi connectivity index (χ2v) is 4.87. The molecular weight excluding hydrogens is 182 g/mol. The molecule has 15 heavy (non-hydrogen) atoms. The molecule has 0 aromatic heterocycles. The van der Waals surface area contributed by atoms with Gasteiger partial charge in [-0.2, -0.15) is 0 Å². The Kier molecular flexibility index (Phi) is 3.11. The Morgan fingerprint density at radius 2 is 2.07 bits per heavy atom. The van der Waals surface area contributed by atoms with Crippen molar-refractivity contribution in [3.63, 3.8) is 0 Å². The number of likely N-dealkylation sites (N-methyl/N-ethyl adjacent to an activating group) is 1. The van der Waals surface area contributed by atoms with E-state index >= 15 is 0 Å². The van der Waals surface area contributed by atoms with E-state index < -0.39 is 0 Å². The van der Waals surface area contributed by atoms with E-state index in [1.807, 2.05) is 7.05 Å². The predicted molar refractivity (Wildman–Crippen MR) is 65.5 cm³/mol. The third kappa shape index (κ3) is 2.07. The zero-order valence-corrected chi connectivity index (χ0v) is 10.0. The lowest BCUT2D eigenvalue weighted by atomic mass is 9.77. The van der Waals surface area contributed by atoms with Crippen molar-refractivity contribution in [3.8, 4) is 0 Å². The molecule has 0 radical (unpaired) electrons. The fourth-order valence-corrected chi connectivity index (χ4v) is 2.71. The van der Waals surface area contributed by atoms with Crippen molar-refractivity contribution in [3.05, 3.63) is 34.9 Å². The minimum absolute atomic E-state index is 0.724. The van der Waals surface area contributed by atoms with Gasteiger partial charge < -0.3 is 5.32 Å². The number of benzene rings is 1. The van der Waals surface area contributed by atoms with Crippen LogP contribution in [0, 0.1) is 6.92 Å². The van der Waals surface area contributed by atoms with Gasteiger partial charge in [0.2, 0.25) is 0 Å². The molecule has 1 nitrogen and oxygen atoms in total. The molecule has 2 rings (SSSR count). The quantitative estimate of drug-likeness (QED) is 0.778. The van der Waals surface area contributed by atoms with Gasteiger partial charge in [0.15, 0.2) is 0 Å². The summed E-state index contributed by atoms with van der Waals surface area (Å²) in [5, 5.41) is 3.31. The maximum Gasteiger partial charge on any atom is 0.00172 e. The minimum atomic E-state index is 0.724. The van der Waals surface area contributed by atoms with E-state index in [9.17, 15) is 0 Å². The highest BCUT2D eigenvalue weighted by Crippen LogP contribution is 2.38. The Bertz CT molecular complexity index is 343. The average molecular weight is 203 g/mol. The van der Waals surface area contributed by atoms with Crippen LogP contribution in [0.4, 0.5) is 0 Å². The molecule has 0 saturated heterocycles. The third-order valence-corrected chi connectivity index (χ3v) is 3.61. The Morgan fingerprint density at radius 1 is 1.27 bits per heavy atom. The van der Waals surface area contributed by atoms with Gasteiger partial charge in [0.05, 0.1) is 0 Å². The summed E-state index contributed by atoms with van der Waals surface area (Å²) in [6.07, 6.45) is 2.67. The summed E-state index contributed by atoms with van der Waals surface area (Å²) < 4.78 is 0. The van der Waals surface area contributed by atoms with Crippen LogP contribution in [0.3, 0.4) is 0 Å². The van der Waals surface area contributed by atoms with Crippen molar-refractivity contribution in [2.45, 2.75) is 38.5 Å². The third-order valence-electron chi connectivity index (χ3n) is 3.61. The molecule has 82 valence electrons. The van der Waals surface area contributed by atoms with Crippen molar-refractivity contribution < 1.29 is 0 Å². The SMILES string of the molecule is CNCC1CCC(C)c2cc(C)ccc21. The summed E-state index contributed by atoms with van der Waals surface area (Å²) in [7, 11) is 2.05. The molecule has 2 unspecified atom stereocenters. The first kappa shape index (κ1) is 10.7. The fraction of sp³-hybridized carbons (Fsp3) is 0.571. The lowest BCUT2D eigenvalue weighted by Gasteiger charge is -2.30. The molecule has 0 heterocycles. The standard InChI is InChI=1S/C14H21N/c1-10-4-7-13-12(9-15-3)6-5-11(2)14(13)8-10/h4,7-8,11-12,15H,5-6,9H2,1-3H3. The second kappa shape index (κ2) is 4.36. The van der Waals surface area contributed by atoms with Crippen molar-refractivity contribution in [2.75, 3.05) is 13.6 Å². The molecule has 1 aliphatic rings. The Labute approximate surface area is 92.9 Å². The lowest BCUT2D eigenvalue weighted by Crippen LogP contribution is -2.22. The van der Waals surface area contributed by atoms with Crippen molar-refractivity contribution >= 4 is 0 Å². The van der Waals surface area contributed by atoms with Gasteiger partial charge in [-0.3, -0.25) is 0 Å². The highest BCUT2D eigenvalue weighted by atomic mass is 14.8. The summed E-state index contributed by atoms with van der Waals surface area (Å²) in [4.78, 5) is 0. The molecule has 1 aromatic rings. The van der Waals surface area contributed by atoms with E-state index in [1.165, 1.54) is 18.4 Å². The summed E-state index contributed by atoms with van der Waals surface area (Å²) in [6, 6.07) is 6.96. The van der Waals surface area contributed by atoms with Gasteiger partial charge in [-0.1, -0.05) is 30.7 Å². The maximum atomic E-state index is 3.31. The van der Waals surface area contributed by atoms with E-state index in [0.717, 1.165) is 18.4 Å². The number of hydrogen-bond acceptors (Lipinski definition) is 1. The molecule has 0 bridgehead atoms. The Balaban J connectivity index is 2.36. The molecule has 1 heteroatoms. The molecule has 1 N–H and O–H groups in total. The number of aryl methyl sites for hydroxylation is 1. The molecule has 0 aliphatic heterocycles. The maximum absolute atomic E-state index is 3.31. The van der Waals surface area contributed by atoms with Crippen LogP contribution in [0.25, 0.3) is 0 Å². The van der Waals surface area contributed by atoms with Crippen LogP contribution >= 0.6 is 0 Å². The highest BCUT2D eigenvalue weighted by molar-refractivity contribution is 5.38. The van der Waals surface area contributed by atoms with Gasteiger partial charge >= 0.3 is 0 Å². The first-order valence-electron chi connectivity index (χ1n) is 5.97. The molecule has 0 fully saturated rings. The van der Waals surface area contributed by atoms with Crippen LogP contribution in [0.2, 0.25) is 0 Å². The van der Waals surface area contributed by atoms with E-state index in [1.54, 1.807) is 11.1 Å². The second-order valence-electron chi connectivity index (χ2n) is 4.87. The monoisotopic (exact) mass is 203 g/mol. The number of fused-ring (bicyclic) bond motifs is 1. The average Bonchev–Trinajstić information content (AvgIpc) is 2.23. The van der Waals surface area contributed by atoms with Crippen molar-refractivity contribution in [2.24, 2.45) is 0 Å². The van der Waals surface area contributed by atoms with E-state index in [4.69, 9.17) is 0 Å². The van der Waals surface area contributed by atoms with Gasteiger partial charge in [0.25, 0.3) is 0 Å². The van der Waals surface area contributed by atoms with Crippen molar-refractivity contribution in [1.82, 2.24) is 5.32 Å². The molecular formula is C14H21N. The van der Waals surface area contributed by atoms with E-state index in [0.29, 0.717) is 0 Å². The molecule has 0 spiro atoms. The summed E-state index contributed by atoms with van der Waals surface area (Å²) >= 11 is 0. The highest BCUT2D eigenvalue weighted by Gasteiger charge is 2.23. The summed E-state index contributed by atoms with van der Waals surface area (Å²) in [5.41, 5.74) is 4.56.